The molecular weight excluding hydrogens is 138 g/mol. The third-order valence-electron chi connectivity index (χ3n) is 2.64. The first-order valence-electron chi connectivity index (χ1n) is 4.56. The number of rotatable bonds is 1. The molecule has 0 spiro atoms. The quantitative estimate of drug-likeness (QED) is 0.571. The lowest BCUT2D eigenvalue weighted by atomic mass is 9.99. The Morgan fingerprint density at radius 2 is 1.82 bits per heavy atom. The summed E-state index contributed by atoms with van der Waals surface area (Å²) in [6.07, 6.45) is 3.44. The van der Waals surface area contributed by atoms with Gasteiger partial charge in [0.05, 0.1) is 20.2 Å². The average Bonchev–Trinajstić information content (AvgIpc) is 1.85. The number of hydrogen-bond acceptors (Lipinski definition) is 1. The summed E-state index contributed by atoms with van der Waals surface area (Å²) in [6.45, 7) is 4.35. The summed E-state index contributed by atoms with van der Waals surface area (Å²) in [5.74, 6) is 0. The van der Waals surface area contributed by atoms with Gasteiger partial charge in [0.2, 0.25) is 0 Å². The lowest BCUT2D eigenvalue weighted by Crippen LogP contribution is -3.11. The number of ether oxygens (including phenoxy) is 1. The summed E-state index contributed by atoms with van der Waals surface area (Å²) in [5, 5.41) is 0. The molecule has 0 amide bonds. The van der Waals surface area contributed by atoms with Gasteiger partial charge >= 0.3 is 0 Å². The van der Waals surface area contributed by atoms with Crippen molar-refractivity contribution < 1.29 is 9.64 Å². The molecule has 0 aromatic carbocycles. The standard InChI is InChI=1S/C9H19NO/c1-7-5-6-9(10(3)4)8(2)11-7/h7-9H,5-6H2,1-4H3/p+1. The topological polar surface area (TPSA) is 13.7 Å². The maximum Gasteiger partial charge on any atom is 0.113 e. The maximum atomic E-state index is 5.74. The molecule has 1 heterocycles. The van der Waals surface area contributed by atoms with Crippen LogP contribution in [-0.4, -0.2) is 32.3 Å². The van der Waals surface area contributed by atoms with Gasteiger partial charge in [-0.2, -0.15) is 0 Å². The molecule has 66 valence electrons. The first kappa shape index (κ1) is 9.01. The fourth-order valence-electron chi connectivity index (χ4n) is 1.94. The van der Waals surface area contributed by atoms with Gasteiger partial charge in [-0.05, 0) is 20.3 Å². The van der Waals surface area contributed by atoms with Gasteiger partial charge in [0.25, 0.3) is 0 Å². The first-order valence-corrected chi connectivity index (χ1v) is 4.56. The predicted octanol–water partition coefficient (Wildman–Crippen LogP) is 0.0869. The van der Waals surface area contributed by atoms with Crippen molar-refractivity contribution in [2.24, 2.45) is 0 Å². The van der Waals surface area contributed by atoms with Crippen molar-refractivity contribution in [1.82, 2.24) is 0 Å². The Morgan fingerprint density at radius 1 is 1.18 bits per heavy atom. The zero-order chi connectivity index (χ0) is 8.43. The lowest BCUT2D eigenvalue weighted by Gasteiger charge is -2.34. The maximum absolute atomic E-state index is 5.74. The van der Waals surface area contributed by atoms with Crippen molar-refractivity contribution in [2.75, 3.05) is 14.1 Å². The molecule has 2 heteroatoms. The van der Waals surface area contributed by atoms with E-state index in [1.54, 1.807) is 0 Å². The molecule has 0 aromatic heterocycles. The van der Waals surface area contributed by atoms with Crippen LogP contribution < -0.4 is 4.90 Å². The van der Waals surface area contributed by atoms with Crippen LogP contribution in [0.25, 0.3) is 0 Å². The zero-order valence-electron chi connectivity index (χ0n) is 8.05. The molecule has 0 saturated carbocycles. The molecule has 0 bridgehead atoms. The first-order chi connectivity index (χ1) is 5.11. The molecule has 0 aromatic rings. The third-order valence-corrected chi connectivity index (χ3v) is 2.64. The number of nitrogens with one attached hydrogen (secondary N) is 1. The highest BCUT2D eigenvalue weighted by Crippen LogP contribution is 2.16. The van der Waals surface area contributed by atoms with Crippen molar-refractivity contribution in [1.29, 1.82) is 0 Å². The van der Waals surface area contributed by atoms with Gasteiger partial charge in [-0.15, -0.1) is 0 Å². The highest BCUT2D eigenvalue weighted by Gasteiger charge is 2.29. The summed E-state index contributed by atoms with van der Waals surface area (Å²) in [5.41, 5.74) is 0. The Kier molecular flexibility index (Phi) is 2.90. The van der Waals surface area contributed by atoms with Gasteiger partial charge < -0.3 is 9.64 Å². The van der Waals surface area contributed by atoms with Gasteiger partial charge in [-0.25, -0.2) is 0 Å². The van der Waals surface area contributed by atoms with Gasteiger partial charge in [0, 0.05) is 6.42 Å². The van der Waals surface area contributed by atoms with Crippen LogP contribution in [0.1, 0.15) is 26.7 Å². The smallest absolute Gasteiger partial charge is 0.113 e. The molecule has 1 aliphatic rings. The molecule has 3 atom stereocenters. The summed E-state index contributed by atoms with van der Waals surface area (Å²) in [6, 6.07) is 0.700. The molecule has 1 aliphatic heterocycles. The van der Waals surface area contributed by atoms with Crippen molar-refractivity contribution in [3.05, 3.63) is 0 Å². The number of hydrogen-bond donors (Lipinski definition) is 1. The van der Waals surface area contributed by atoms with Crippen LogP contribution in [0.2, 0.25) is 0 Å². The monoisotopic (exact) mass is 158 g/mol. The van der Waals surface area contributed by atoms with Crippen LogP contribution >= 0.6 is 0 Å². The highest BCUT2D eigenvalue weighted by molar-refractivity contribution is 4.72. The summed E-state index contributed by atoms with van der Waals surface area (Å²) >= 11 is 0. The molecule has 0 aliphatic carbocycles. The number of likely N-dealkylation sites (N-methyl/N-ethyl adjacent to an activating group) is 1. The minimum atomic E-state index is 0.434. The SMILES string of the molecule is CC1CCC([NH+](C)C)C(C)O1. The third kappa shape index (κ3) is 2.17. The van der Waals surface area contributed by atoms with Crippen LogP contribution in [0, 0.1) is 0 Å². The Hall–Kier alpha value is -0.0800. The van der Waals surface area contributed by atoms with Gasteiger partial charge in [0.15, 0.2) is 0 Å². The van der Waals surface area contributed by atoms with E-state index >= 15 is 0 Å². The van der Waals surface area contributed by atoms with Crippen LogP contribution in [-0.2, 0) is 4.74 Å². The summed E-state index contributed by atoms with van der Waals surface area (Å²) in [4.78, 5) is 1.52. The Bertz CT molecular complexity index is 125. The number of quaternary nitrogens is 1. The van der Waals surface area contributed by atoms with E-state index in [1.165, 1.54) is 17.7 Å². The van der Waals surface area contributed by atoms with E-state index in [9.17, 15) is 0 Å². The molecule has 0 radical (unpaired) electrons. The molecule has 11 heavy (non-hydrogen) atoms. The fourth-order valence-corrected chi connectivity index (χ4v) is 1.94. The van der Waals surface area contributed by atoms with E-state index in [1.807, 2.05) is 0 Å². The Labute approximate surface area is 69.5 Å². The van der Waals surface area contributed by atoms with E-state index in [0.29, 0.717) is 18.2 Å². The second-order valence-electron chi connectivity index (χ2n) is 3.91. The van der Waals surface area contributed by atoms with E-state index in [-0.39, 0.29) is 0 Å². The van der Waals surface area contributed by atoms with Crippen LogP contribution in [0.4, 0.5) is 0 Å². The highest BCUT2D eigenvalue weighted by atomic mass is 16.5. The summed E-state index contributed by atoms with van der Waals surface area (Å²) < 4.78 is 5.74. The van der Waals surface area contributed by atoms with Crippen molar-refractivity contribution in [2.45, 2.75) is 44.9 Å². The zero-order valence-corrected chi connectivity index (χ0v) is 8.05. The molecule has 1 fully saturated rings. The van der Waals surface area contributed by atoms with E-state index in [4.69, 9.17) is 4.74 Å². The van der Waals surface area contributed by atoms with Gasteiger partial charge in [0.1, 0.15) is 12.1 Å². The second-order valence-corrected chi connectivity index (χ2v) is 3.91. The van der Waals surface area contributed by atoms with Crippen molar-refractivity contribution in [3.63, 3.8) is 0 Å². The van der Waals surface area contributed by atoms with Crippen LogP contribution in [0.5, 0.6) is 0 Å². The minimum Gasteiger partial charge on any atom is -0.369 e. The molecule has 1 rings (SSSR count). The van der Waals surface area contributed by atoms with Crippen molar-refractivity contribution >= 4 is 0 Å². The molecular formula is C9H20NO+. The van der Waals surface area contributed by atoms with Gasteiger partial charge in [-0.3, -0.25) is 0 Å². The Balaban J connectivity index is 2.44. The van der Waals surface area contributed by atoms with Crippen LogP contribution in [0.3, 0.4) is 0 Å². The van der Waals surface area contributed by atoms with Crippen LogP contribution in [0.15, 0.2) is 0 Å². The van der Waals surface area contributed by atoms with Gasteiger partial charge in [-0.1, -0.05) is 0 Å². The normalized spacial score (nSPS) is 39.5. The van der Waals surface area contributed by atoms with E-state index in [2.05, 4.69) is 27.9 Å². The van der Waals surface area contributed by atoms with E-state index < -0.39 is 0 Å². The average molecular weight is 158 g/mol. The molecule has 1 saturated heterocycles. The largest absolute Gasteiger partial charge is 0.369 e. The summed E-state index contributed by atoms with van der Waals surface area (Å²) in [7, 11) is 4.42. The fraction of sp³-hybridized carbons (Fsp3) is 1.00. The van der Waals surface area contributed by atoms with E-state index in [0.717, 1.165) is 0 Å². The minimum absolute atomic E-state index is 0.434. The molecule has 3 unspecified atom stereocenters. The second kappa shape index (κ2) is 3.55. The molecule has 2 nitrogen and oxygen atoms in total. The Morgan fingerprint density at radius 3 is 2.27 bits per heavy atom. The lowest BCUT2D eigenvalue weighted by molar-refractivity contribution is -0.891. The molecule has 1 N–H and O–H groups in total. The predicted molar refractivity (Wildman–Crippen MR) is 45.8 cm³/mol. The van der Waals surface area contributed by atoms with Crippen molar-refractivity contribution in [3.8, 4) is 0 Å².